The molecular formula is C14H15FN2O2S. The first-order chi connectivity index (χ1) is 9.52. The van der Waals surface area contributed by atoms with Crippen molar-refractivity contribution in [3.8, 4) is 5.75 Å². The molecule has 0 aliphatic heterocycles. The lowest BCUT2D eigenvalue weighted by molar-refractivity contribution is 0.0943. The predicted molar refractivity (Wildman–Crippen MR) is 75.7 cm³/mol. The maximum Gasteiger partial charge on any atom is 0.263 e. The van der Waals surface area contributed by atoms with Crippen molar-refractivity contribution in [3.05, 3.63) is 45.7 Å². The molecule has 0 unspecified atom stereocenters. The Labute approximate surface area is 120 Å². The second kappa shape index (κ2) is 6.00. The number of ether oxygens (including phenoxy) is 1. The lowest BCUT2D eigenvalue weighted by atomic mass is 10.1. The third-order valence-corrected chi connectivity index (χ3v) is 3.90. The van der Waals surface area contributed by atoms with E-state index in [1.54, 1.807) is 31.5 Å². The molecule has 1 atom stereocenters. The Kier molecular flexibility index (Phi) is 4.34. The van der Waals surface area contributed by atoms with E-state index in [0.717, 1.165) is 0 Å². The molecule has 0 aliphatic carbocycles. The van der Waals surface area contributed by atoms with Crippen LogP contribution in [0, 0.1) is 12.7 Å². The smallest absolute Gasteiger partial charge is 0.263 e. The molecule has 1 aromatic heterocycles. The molecule has 0 bridgehead atoms. The highest BCUT2D eigenvalue weighted by molar-refractivity contribution is 7.11. The van der Waals surface area contributed by atoms with E-state index in [4.69, 9.17) is 4.74 Å². The minimum absolute atomic E-state index is 0.186. The fraction of sp³-hybridized carbons (Fsp3) is 0.286. The molecule has 106 valence electrons. The number of hydrogen-bond donors (Lipinski definition) is 1. The number of hydrogen-bond acceptors (Lipinski definition) is 4. The number of amides is 1. The molecule has 4 nitrogen and oxygen atoms in total. The van der Waals surface area contributed by atoms with Crippen LogP contribution in [-0.4, -0.2) is 18.0 Å². The van der Waals surface area contributed by atoms with E-state index in [0.29, 0.717) is 16.1 Å². The topological polar surface area (TPSA) is 51.2 Å². The fourth-order valence-corrected chi connectivity index (χ4v) is 2.52. The number of carbonyl (C=O) groups excluding carboxylic acids is 1. The van der Waals surface area contributed by atoms with Crippen LogP contribution in [-0.2, 0) is 0 Å². The predicted octanol–water partition coefficient (Wildman–Crippen LogP) is 3.09. The summed E-state index contributed by atoms with van der Waals surface area (Å²) in [6, 6.07) is 4.34. The number of rotatable bonds is 4. The van der Waals surface area contributed by atoms with Crippen molar-refractivity contribution in [2.45, 2.75) is 19.9 Å². The summed E-state index contributed by atoms with van der Waals surface area (Å²) < 4.78 is 18.5. The number of aryl methyl sites for hydroxylation is 1. The highest BCUT2D eigenvalue weighted by Crippen LogP contribution is 2.22. The Hall–Kier alpha value is -1.95. The summed E-state index contributed by atoms with van der Waals surface area (Å²) in [6.45, 7) is 3.58. The lowest BCUT2D eigenvalue weighted by Gasteiger charge is -2.14. The number of carbonyl (C=O) groups is 1. The lowest BCUT2D eigenvalue weighted by Crippen LogP contribution is -2.26. The van der Waals surface area contributed by atoms with Crippen LogP contribution in [0.2, 0.25) is 0 Å². The molecule has 1 heterocycles. The van der Waals surface area contributed by atoms with Gasteiger partial charge in [-0.3, -0.25) is 4.79 Å². The number of thiazole rings is 1. The maximum absolute atomic E-state index is 13.6. The molecule has 0 spiro atoms. The molecule has 20 heavy (non-hydrogen) atoms. The summed E-state index contributed by atoms with van der Waals surface area (Å²) in [5.74, 6) is -0.459. The van der Waals surface area contributed by atoms with Gasteiger partial charge in [-0.15, -0.1) is 11.3 Å². The van der Waals surface area contributed by atoms with Gasteiger partial charge in [0.2, 0.25) is 0 Å². The van der Waals surface area contributed by atoms with E-state index < -0.39 is 5.82 Å². The molecular weight excluding hydrogens is 279 g/mol. The van der Waals surface area contributed by atoms with E-state index >= 15 is 0 Å². The number of aromatic nitrogens is 1. The van der Waals surface area contributed by atoms with Gasteiger partial charge in [0.25, 0.3) is 5.91 Å². The van der Waals surface area contributed by atoms with Gasteiger partial charge in [-0.2, -0.15) is 0 Å². The molecule has 0 aliphatic rings. The second-order valence-electron chi connectivity index (χ2n) is 4.36. The quantitative estimate of drug-likeness (QED) is 0.942. The first kappa shape index (κ1) is 14.5. The summed E-state index contributed by atoms with van der Waals surface area (Å²) in [5.41, 5.74) is 3.00. The van der Waals surface area contributed by atoms with Gasteiger partial charge in [0, 0.05) is 0 Å². The Morgan fingerprint density at radius 1 is 1.50 bits per heavy atom. The van der Waals surface area contributed by atoms with Crippen LogP contribution in [0.5, 0.6) is 5.75 Å². The molecule has 0 radical (unpaired) electrons. The monoisotopic (exact) mass is 294 g/mol. The van der Waals surface area contributed by atoms with E-state index in [1.807, 2.05) is 0 Å². The minimum atomic E-state index is -0.444. The summed E-state index contributed by atoms with van der Waals surface area (Å²) in [4.78, 5) is 16.7. The number of halogens is 1. The average molecular weight is 294 g/mol. The zero-order chi connectivity index (χ0) is 14.7. The Bertz CT molecular complexity index is 627. The fourth-order valence-electron chi connectivity index (χ4n) is 1.82. The van der Waals surface area contributed by atoms with Crippen molar-refractivity contribution in [2.75, 3.05) is 7.11 Å². The van der Waals surface area contributed by atoms with Crippen LogP contribution in [0.15, 0.2) is 23.7 Å². The molecule has 1 amide bonds. The van der Waals surface area contributed by atoms with E-state index in [1.165, 1.54) is 24.5 Å². The van der Waals surface area contributed by atoms with Crippen LogP contribution in [0.1, 0.15) is 33.9 Å². The van der Waals surface area contributed by atoms with Gasteiger partial charge in [0.1, 0.15) is 4.88 Å². The van der Waals surface area contributed by atoms with Gasteiger partial charge < -0.3 is 10.1 Å². The first-order valence-electron chi connectivity index (χ1n) is 6.07. The van der Waals surface area contributed by atoms with Gasteiger partial charge in [-0.05, 0) is 31.5 Å². The zero-order valence-corrected chi connectivity index (χ0v) is 12.3. The van der Waals surface area contributed by atoms with E-state index in [9.17, 15) is 9.18 Å². The second-order valence-corrected chi connectivity index (χ2v) is 5.21. The Balaban J connectivity index is 2.12. The number of benzene rings is 1. The minimum Gasteiger partial charge on any atom is -0.494 e. The standard InChI is InChI=1S/C14H15FN2O2S/c1-8(10-4-5-12(19-3)11(15)6-10)17-14(18)13-9(2)16-7-20-13/h4-8H,1-3H3,(H,17,18)/t8-/m1/s1. The van der Waals surface area contributed by atoms with Gasteiger partial charge >= 0.3 is 0 Å². The highest BCUT2D eigenvalue weighted by Gasteiger charge is 2.16. The normalized spacial score (nSPS) is 12.0. The third kappa shape index (κ3) is 2.96. The summed E-state index contributed by atoms with van der Waals surface area (Å²) in [5, 5.41) is 2.83. The van der Waals surface area contributed by atoms with Crippen molar-refractivity contribution in [1.82, 2.24) is 10.3 Å². The number of nitrogens with zero attached hydrogens (tertiary/aromatic N) is 1. The third-order valence-electron chi connectivity index (χ3n) is 2.98. The number of nitrogens with one attached hydrogen (secondary N) is 1. The number of methoxy groups -OCH3 is 1. The van der Waals surface area contributed by atoms with Crippen molar-refractivity contribution in [1.29, 1.82) is 0 Å². The molecule has 0 saturated carbocycles. The van der Waals surface area contributed by atoms with Crippen LogP contribution in [0.4, 0.5) is 4.39 Å². The first-order valence-corrected chi connectivity index (χ1v) is 6.95. The molecule has 2 rings (SSSR count). The van der Waals surface area contributed by atoms with Crippen molar-refractivity contribution < 1.29 is 13.9 Å². The molecule has 6 heteroatoms. The Morgan fingerprint density at radius 3 is 2.80 bits per heavy atom. The van der Waals surface area contributed by atoms with Crippen molar-refractivity contribution in [3.63, 3.8) is 0 Å². The largest absolute Gasteiger partial charge is 0.494 e. The summed E-state index contributed by atoms with van der Waals surface area (Å²) in [6.07, 6.45) is 0. The average Bonchev–Trinajstić information content (AvgIpc) is 2.84. The molecule has 2 aromatic rings. The van der Waals surface area contributed by atoms with E-state index in [-0.39, 0.29) is 17.7 Å². The Morgan fingerprint density at radius 2 is 2.25 bits per heavy atom. The molecule has 1 N–H and O–H groups in total. The molecule has 0 saturated heterocycles. The van der Waals surface area contributed by atoms with Crippen molar-refractivity contribution >= 4 is 17.2 Å². The van der Waals surface area contributed by atoms with Crippen LogP contribution < -0.4 is 10.1 Å². The van der Waals surface area contributed by atoms with Crippen LogP contribution in [0.3, 0.4) is 0 Å². The summed E-state index contributed by atoms with van der Waals surface area (Å²) in [7, 11) is 1.41. The van der Waals surface area contributed by atoms with E-state index in [2.05, 4.69) is 10.3 Å². The molecule has 1 aromatic carbocycles. The molecule has 0 fully saturated rings. The van der Waals surface area contributed by atoms with Crippen LogP contribution in [0.25, 0.3) is 0 Å². The van der Waals surface area contributed by atoms with Crippen LogP contribution >= 0.6 is 11.3 Å². The maximum atomic E-state index is 13.6. The van der Waals surface area contributed by atoms with Gasteiger partial charge in [0.05, 0.1) is 24.4 Å². The summed E-state index contributed by atoms with van der Waals surface area (Å²) >= 11 is 1.29. The van der Waals surface area contributed by atoms with Gasteiger partial charge in [-0.1, -0.05) is 6.07 Å². The van der Waals surface area contributed by atoms with Crippen molar-refractivity contribution in [2.24, 2.45) is 0 Å². The SMILES string of the molecule is COc1ccc([C@@H](C)NC(=O)c2scnc2C)cc1F. The van der Waals surface area contributed by atoms with Gasteiger partial charge in [-0.25, -0.2) is 9.37 Å². The van der Waals surface area contributed by atoms with Gasteiger partial charge in [0.15, 0.2) is 11.6 Å². The highest BCUT2D eigenvalue weighted by atomic mass is 32.1. The zero-order valence-electron chi connectivity index (χ0n) is 11.4.